The first-order valence-corrected chi connectivity index (χ1v) is 8.19. The van der Waals surface area contributed by atoms with Crippen LogP contribution in [0.1, 0.15) is 22.8 Å². The lowest BCUT2D eigenvalue weighted by molar-refractivity contribution is 0.0923. The number of fused-ring (bicyclic) bond motifs is 1. The molecule has 132 valence electrons. The minimum atomic E-state index is -0.585. The highest BCUT2D eigenvalue weighted by atomic mass is 16.6. The third-order valence-electron chi connectivity index (χ3n) is 3.67. The summed E-state index contributed by atoms with van der Waals surface area (Å²) in [6, 6.07) is 12.6. The summed E-state index contributed by atoms with van der Waals surface area (Å²) in [7, 11) is 0. The molecule has 0 aliphatic carbocycles. The minimum Gasteiger partial charge on any atom is -0.489 e. The average molecular weight is 343 g/mol. The first kappa shape index (κ1) is 17.1. The molecule has 6 heteroatoms. The lowest BCUT2D eigenvalue weighted by Crippen LogP contribution is -2.30. The van der Waals surface area contributed by atoms with Gasteiger partial charge in [-0.15, -0.1) is 0 Å². The predicted molar refractivity (Wildman–Crippen MR) is 92.2 cm³/mol. The van der Waals surface area contributed by atoms with Crippen LogP contribution in [0.5, 0.6) is 17.2 Å². The van der Waals surface area contributed by atoms with Crippen molar-refractivity contribution in [2.24, 2.45) is 0 Å². The molecule has 0 radical (unpaired) electrons. The van der Waals surface area contributed by atoms with Crippen LogP contribution < -0.4 is 19.5 Å². The monoisotopic (exact) mass is 343 g/mol. The van der Waals surface area contributed by atoms with Crippen molar-refractivity contribution in [3.63, 3.8) is 0 Å². The highest BCUT2D eigenvalue weighted by Crippen LogP contribution is 2.31. The van der Waals surface area contributed by atoms with E-state index in [0.717, 1.165) is 17.1 Å². The molecule has 1 amide bonds. The Hall–Kier alpha value is -2.73. The molecule has 0 bridgehead atoms. The van der Waals surface area contributed by atoms with E-state index in [0.29, 0.717) is 31.1 Å². The number of aliphatic hydroxyl groups is 1. The van der Waals surface area contributed by atoms with Gasteiger partial charge < -0.3 is 24.6 Å². The van der Waals surface area contributed by atoms with E-state index in [1.165, 1.54) is 0 Å². The van der Waals surface area contributed by atoms with Crippen LogP contribution in [0, 0.1) is 0 Å². The second kappa shape index (κ2) is 7.90. The molecule has 0 spiro atoms. The zero-order chi connectivity index (χ0) is 17.6. The van der Waals surface area contributed by atoms with Crippen molar-refractivity contribution in [2.75, 3.05) is 19.8 Å². The summed E-state index contributed by atoms with van der Waals surface area (Å²) in [5.41, 5.74) is 1.44. The Bertz CT molecular complexity index is 744. The molecule has 1 atom stereocenters. The number of amides is 1. The molecule has 0 unspecified atom stereocenters. The molecule has 6 nitrogen and oxygen atoms in total. The number of ether oxygens (including phenoxy) is 3. The highest BCUT2D eigenvalue weighted by Gasteiger charge is 2.12. The van der Waals surface area contributed by atoms with E-state index in [1.807, 2.05) is 18.2 Å². The van der Waals surface area contributed by atoms with Gasteiger partial charge in [0.15, 0.2) is 11.5 Å². The fraction of sp³-hybridized carbons (Fsp3) is 0.316. The first-order valence-electron chi connectivity index (χ1n) is 8.19. The van der Waals surface area contributed by atoms with Gasteiger partial charge in [0, 0.05) is 12.1 Å². The van der Waals surface area contributed by atoms with Crippen LogP contribution in [0.4, 0.5) is 0 Å². The van der Waals surface area contributed by atoms with Crippen molar-refractivity contribution in [1.82, 2.24) is 5.32 Å². The van der Waals surface area contributed by atoms with Crippen molar-refractivity contribution in [2.45, 2.75) is 19.6 Å². The van der Waals surface area contributed by atoms with Gasteiger partial charge in [0.1, 0.15) is 25.6 Å². The number of carbonyl (C=O) groups excluding carboxylic acids is 1. The molecule has 2 aromatic rings. The molecule has 1 heterocycles. The second-order valence-corrected chi connectivity index (χ2v) is 5.85. The molecule has 0 aromatic heterocycles. The fourth-order valence-corrected chi connectivity index (χ4v) is 2.41. The van der Waals surface area contributed by atoms with Gasteiger partial charge in [-0.1, -0.05) is 12.1 Å². The summed E-state index contributed by atoms with van der Waals surface area (Å²) >= 11 is 0. The third kappa shape index (κ3) is 4.64. The smallest absolute Gasteiger partial charge is 0.251 e. The molecule has 2 aromatic carbocycles. The molecular weight excluding hydrogens is 322 g/mol. The number of hydrogen-bond acceptors (Lipinski definition) is 5. The topological polar surface area (TPSA) is 77.0 Å². The van der Waals surface area contributed by atoms with Crippen molar-refractivity contribution < 1.29 is 24.1 Å². The van der Waals surface area contributed by atoms with Gasteiger partial charge >= 0.3 is 0 Å². The number of aliphatic hydroxyl groups excluding tert-OH is 1. The third-order valence-corrected chi connectivity index (χ3v) is 3.67. The second-order valence-electron chi connectivity index (χ2n) is 5.85. The van der Waals surface area contributed by atoms with Crippen LogP contribution in [0.15, 0.2) is 42.5 Å². The fourth-order valence-electron chi connectivity index (χ4n) is 2.41. The zero-order valence-corrected chi connectivity index (χ0v) is 14.0. The lowest BCUT2D eigenvalue weighted by atomic mass is 10.2. The number of hydrogen-bond donors (Lipinski definition) is 2. The van der Waals surface area contributed by atoms with Crippen molar-refractivity contribution in [3.8, 4) is 17.2 Å². The van der Waals surface area contributed by atoms with E-state index in [-0.39, 0.29) is 12.5 Å². The summed E-state index contributed by atoms with van der Waals surface area (Å²) in [5.74, 6) is 1.82. The Morgan fingerprint density at radius 3 is 2.80 bits per heavy atom. The van der Waals surface area contributed by atoms with Crippen molar-refractivity contribution >= 4 is 5.91 Å². The average Bonchev–Trinajstić information content (AvgIpc) is 2.64. The quantitative estimate of drug-likeness (QED) is 0.840. The Labute approximate surface area is 146 Å². The lowest BCUT2D eigenvalue weighted by Gasteiger charge is -2.19. The van der Waals surface area contributed by atoms with Crippen LogP contribution in [0.3, 0.4) is 0 Å². The molecule has 0 saturated heterocycles. The maximum Gasteiger partial charge on any atom is 0.251 e. The van der Waals surface area contributed by atoms with Crippen molar-refractivity contribution in [1.29, 1.82) is 0 Å². The van der Waals surface area contributed by atoms with E-state index >= 15 is 0 Å². The van der Waals surface area contributed by atoms with Crippen LogP contribution in [0.2, 0.25) is 0 Å². The number of rotatable bonds is 6. The number of carbonyl (C=O) groups is 1. The van der Waals surface area contributed by atoms with Crippen LogP contribution >= 0.6 is 0 Å². The maximum absolute atomic E-state index is 12.0. The Morgan fingerprint density at radius 1 is 1.20 bits per heavy atom. The SMILES string of the molecule is C[C@H](O)CNC(=O)c1cccc(OCc2ccc3c(c2)OCCO3)c1. The van der Waals surface area contributed by atoms with Gasteiger partial charge in [-0.05, 0) is 42.8 Å². The Morgan fingerprint density at radius 2 is 2.00 bits per heavy atom. The summed E-state index contributed by atoms with van der Waals surface area (Å²) in [5, 5.41) is 11.9. The molecule has 1 aliphatic rings. The molecule has 0 saturated carbocycles. The Balaban J connectivity index is 1.61. The van der Waals surface area contributed by atoms with Crippen molar-refractivity contribution in [3.05, 3.63) is 53.6 Å². The molecule has 3 rings (SSSR count). The normalized spacial score (nSPS) is 13.8. The van der Waals surface area contributed by atoms with Gasteiger partial charge in [-0.3, -0.25) is 4.79 Å². The molecule has 1 aliphatic heterocycles. The summed E-state index contributed by atoms with van der Waals surface area (Å²) in [6.45, 7) is 3.29. The summed E-state index contributed by atoms with van der Waals surface area (Å²) in [4.78, 5) is 12.0. The van der Waals surface area contributed by atoms with E-state index in [1.54, 1.807) is 31.2 Å². The van der Waals surface area contributed by atoms with Crippen LogP contribution in [0.25, 0.3) is 0 Å². The van der Waals surface area contributed by atoms with E-state index in [2.05, 4.69) is 5.32 Å². The molecule has 2 N–H and O–H groups in total. The van der Waals surface area contributed by atoms with Gasteiger partial charge in [0.2, 0.25) is 0 Å². The van der Waals surface area contributed by atoms with Crippen LogP contribution in [-0.2, 0) is 6.61 Å². The highest BCUT2D eigenvalue weighted by molar-refractivity contribution is 5.94. The molecular formula is C19H21NO5. The summed E-state index contributed by atoms with van der Waals surface area (Å²) < 4.78 is 16.8. The maximum atomic E-state index is 12.0. The van der Waals surface area contributed by atoms with Gasteiger partial charge in [0.05, 0.1) is 6.10 Å². The zero-order valence-electron chi connectivity index (χ0n) is 14.0. The molecule has 0 fully saturated rings. The summed E-state index contributed by atoms with van der Waals surface area (Å²) in [6.07, 6.45) is -0.585. The van der Waals surface area contributed by atoms with Gasteiger partial charge in [-0.2, -0.15) is 0 Å². The Kier molecular flexibility index (Phi) is 5.40. The van der Waals surface area contributed by atoms with Gasteiger partial charge in [0.25, 0.3) is 5.91 Å². The van der Waals surface area contributed by atoms with E-state index < -0.39 is 6.10 Å². The standard InChI is InChI=1S/C19H21NO5/c1-13(21)11-20-19(22)15-3-2-4-16(10-15)25-12-14-5-6-17-18(9-14)24-8-7-23-17/h2-6,9-10,13,21H,7-8,11-12H2,1H3,(H,20,22)/t13-/m0/s1. The largest absolute Gasteiger partial charge is 0.489 e. The number of benzene rings is 2. The first-order chi connectivity index (χ1) is 12.1. The number of nitrogens with one attached hydrogen (secondary N) is 1. The van der Waals surface area contributed by atoms with Gasteiger partial charge in [-0.25, -0.2) is 0 Å². The predicted octanol–water partition coefficient (Wildman–Crippen LogP) is 2.15. The molecule has 25 heavy (non-hydrogen) atoms. The van der Waals surface area contributed by atoms with E-state index in [9.17, 15) is 9.90 Å². The minimum absolute atomic E-state index is 0.209. The van der Waals surface area contributed by atoms with Crippen LogP contribution in [-0.4, -0.2) is 36.9 Å². The van der Waals surface area contributed by atoms with E-state index in [4.69, 9.17) is 14.2 Å².